The van der Waals surface area contributed by atoms with Crippen LogP contribution in [-0.2, 0) is 6.54 Å². The molecule has 2 aromatic heterocycles. The van der Waals surface area contributed by atoms with Gasteiger partial charge in [-0.05, 0) is 37.1 Å². The average molecular weight is 237 g/mol. The van der Waals surface area contributed by atoms with Crippen LogP contribution in [0.3, 0.4) is 0 Å². The van der Waals surface area contributed by atoms with Crippen LogP contribution in [0.25, 0.3) is 11.2 Å². The minimum absolute atomic E-state index is 0.820. The molecular weight excluding hydrogens is 222 g/mol. The Morgan fingerprint density at radius 3 is 2.89 bits per heavy atom. The molecule has 0 atom stereocenters. The highest BCUT2D eigenvalue weighted by Gasteiger charge is 2.05. The normalized spacial score (nSPS) is 11.0. The van der Waals surface area contributed by atoms with Crippen LogP contribution in [-0.4, -0.2) is 14.5 Å². The molecule has 18 heavy (non-hydrogen) atoms. The molecule has 0 spiro atoms. The van der Waals surface area contributed by atoms with Gasteiger partial charge in [0.2, 0.25) is 0 Å². The molecule has 0 aliphatic rings. The van der Waals surface area contributed by atoms with E-state index in [1.807, 2.05) is 24.7 Å². The summed E-state index contributed by atoms with van der Waals surface area (Å²) >= 11 is 0. The van der Waals surface area contributed by atoms with E-state index in [1.54, 1.807) is 0 Å². The predicted octanol–water partition coefficient (Wildman–Crippen LogP) is 3.10. The molecule has 0 N–H and O–H groups in total. The summed E-state index contributed by atoms with van der Waals surface area (Å²) in [6.07, 6.45) is 3.67. The van der Waals surface area contributed by atoms with Crippen molar-refractivity contribution in [1.29, 1.82) is 0 Å². The summed E-state index contributed by atoms with van der Waals surface area (Å²) in [6.45, 7) is 5.08. The first-order valence-electron chi connectivity index (χ1n) is 6.06. The highest BCUT2D eigenvalue weighted by Crippen LogP contribution is 2.15. The summed E-state index contributed by atoms with van der Waals surface area (Å²) in [5.41, 5.74) is 5.80. The first kappa shape index (κ1) is 11.0. The Hall–Kier alpha value is -2.16. The van der Waals surface area contributed by atoms with Gasteiger partial charge in [0.15, 0.2) is 5.65 Å². The molecule has 0 fully saturated rings. The van der Waals surface area contributed by atoms with Crippen LogP contribution in [0.15, 0.2) is 42.9 Å². The molecule has 0 aliphatic heterocycles. The van der Waals surface area contributed by atoms with Gasteiger partial charge < -0.3 is 4.57 Å². The van der Waals surface area contributed by atoms with Crippen LogP contribution in [0.1, 0.15) is 16.7 Å². The number of imidazole rings is 1. The maximum absolute atomic E-state index is 4.39. The van der Waals surface area contributed by atoms with Crippen molar-refractivity contribution in [3.63, 3.8) is 0 Å². The van der Waals surface area contributed by atoms with Gasteiger partial charge in [-0.3, -0.25) is 0 Å². The molecular formula is C15H15N3. The van der Waals surface area contributed by atoms with Crippen molar-refractivity contribution in [2.75, 3.05) is 0 Å². The Labute approximate surface area is 106 Å². The van der Waals surface area contributed by atoms with Crippen molar-refractivity contribution in [3.8, 4) is 0 Å². The second kappa shape index (κ2) is 4.26. The largest absolute Gasteiger partial charge is 0.311 e. The lowest BCUT2D eigenvalue weighted by Crippen LogP contribution is -2.01. The van der Waals surface area contributed by atoms with Crippen molar-refractivity contribution in [1.82, 2.24) is 14.5 Å². The van der Waals surface area contributed by atoms with Crippen LogP contribution in [0.4, 0.5) is 0 Å². The standard InChI is InChI=1S/C15H15N3/c1-11-5-6-12(2)13(8-11)9-18-10-17-14-4-3-7-16-15(14)18/h3-8,10H,9H2,1-2H3. The summed E-state index contributed by atoms with van der Waals surface area (Å²) in [4.78, 5) is 8.76. The second-order valence-corrected chi connectivity index (χ2v) is 4.65. The van der Waals surface area contributed by atoms with Gasteiger partial charge in [-0.15, -0.1) is 0 Å². The smallest absolute Gasteiger partial charge is 0.160 e. The summed E-state index contributed by atoms with van der Waals surface area (Å²) in [6, 6.07) is 10.4. The van der Waals surface area contributed by atoms with Gasteiger partial charge in [-0.2, -0.15) is 0 Å². The van der Waals surface area contributed by atoms with Crippen molar-refractivity contribution in [2.24, 2.45) is 0 Å². The molecule has 0 amide bonds. The van der Waals surface area contributed by atoms with Crippen LogP contribution in [0.2, 0.25) is 0 Å². The van der Waals surface area contributed by atoms with Gasteiger partial charge in [-0.1, -0.05) is 23.8 Å². The Kier molecular flexibility index (Phi) is 2.59. The summed E-state index contributed by atoms with van der Waals surface area (Å²) < 4.78 is 2.09. The van der Waals surface area contributed by atoms with E-state index in [2.05, 4.69) is 46.6 Å². The van der Waals surface area contributed by atoms with Gasteiger partial charge in [0.05, 0.1) is 12.9 Å². The zero-order chi connectivity index (χ0) is 12.5. The molecule has 0 saturated heterocycles. The number of fused-ring (bicyclic) bond motifs is 1. The van der Waals surface area contributed by atoms with Gasteiger partial charge in [-0.25, -0.2) is 9.97 Å². The van der Waals surface area contributed by atoms with Crippen molar-refractivity contribution < 1.29 is 0 Å². The molecule has 0 aliphatic carbocycles. The van der Waals surface area contributed by atoms with E-state index in [9.17, 15) is 0 Å². The van der Waals surface area contributed by atoms with Crippen molar-refractivity contribution in [3.05, 3.63) is 59.5 Å². The van der Waals surface area contributed by atoms with E-state index < -0.39 is 0 Å². The van der Waals surface area contributed by atoms with Crippen LogP contribution >= 0.6 is 0 Å². The first-order chi connectivity index (χ1) is 8.74. The molecule has 3 rings (SSSR count). The number of rotatable bonds is 2. The topological polar surface area (TPSA) is 30.7 Å². The fourth-order valence-corrected chi connectivity index (χ4v) is 2.17. The highest BCUT2D eigenvalue weighted by molar-refractivity contribution is 5.70. The summed E-state index contributed by atoms with van der Waals surface area (Å²) in [5.74, 6) is 0. The number of nitrogens with zero attached hydrogens (tertiary/aromatic N) is 3. The zero-order valence-electron chi connectivity index (χ0n) is 10.6. The molecule has 2 heterocycles. The van der Waals surface area contributed by atoms with E-state index in [-0.39, 0.29) is 0 Å². The molecule has 0 saturated carbocycles. The van der Waals surface area contributed by atoms with Crippen LogP contribution in [0.5, 0.6) is 0 Å². The molecule has 90 valence electrons. The van der Waals surface area contributed by atoms with Crippen LogP contribution in [0, 0.1) is 13.8 Å². The Morgan fingerprint density at radius 1 is 1.11 bits per heavy atom. The third kappa shape index (κ3) is 1.88. The number of hydrogen-bond acceptors (Lipinski definition) is 2. The number of benzene rings is 1. The van der Waals surface area contributed by atoms with Crippen molar-refractivity contribution >= 4 is 11.2 Å². The fourth-order valence-electron chi connectivity index (χ4n) is 2.17. The Morgan fingerprint density at radius 2 is 2.00 bits per heavy atom. The number of hydrogen-bond donors (Lipinski definition) is 0. The molecule has 0 bridgehead atoms. The molecule has 1 aromatic carbocycles. The molecule has 3 aromatic rings. The summed E-state index contributed by atoms with van der Waals surface area (Å²) in [7, 11) is 0. The lowest BCUT2D eigenvalue weighted by Gasteiger charge is -2.08. The lowest BCUT2D eigenvalue weighted by atomic mass is 10.1. The lowest BCUT2D eigenvalue weighted by molar-refractivity contribution is 0.808. The number of aromatic nitrogens is 3. The van der Waals surface area contributed by atoms with Crippen LogP contribution < -0.4 is 0 Å². The highest BCUT2D eigenvalue weighted by atomic mass is 15.1. The Balaban J connectivity index is 2.04. The van der Waals surface area contributed by atoms with Crippen molar-refractivity contribution in [2.45, 2.75) is 20.4 Å². The maximum Gasteiger partial charge on any atom is 0.160 e. The molecule has 3 nitrogen and oxygen atoms in total. The third-order valence-corrected chi connectivity index (χ3v) is 3.22. The van der Waals surface area contributed by atoms with E-state index in [4.69, 9.17) is 0 Å². The fraction of sp³-hybridized carbons (Fsp3) is 0.200. The summed E-state index contributed by atoms with van der Waals surface area (Å²) in [5, 5.41) is 0. The number of aryl methyl sites for hydroxylation is 2. The molecule has 0 radical (unpaired) electrons. The minimum Gasteiger partial charge on any atom is -0.311 e. The minimum atomic E-state index is 0.820. The average Bonchev–Trinajstić information content (AvgIpc) is 2.78. The van der Waals surface area contributed by atoms with E-state index in [0.29, 0.717) is 0 Å². The maximum atomic E-state index is 4.39. The van der Waals surface area contributed by atoms with Gasteiger partial charge in [0.1, 0.15) is 5.52 Å². The van der Waals surface area contributed by atoms with Gasteiger partial charge in [0.25, 0.3) is 0 Å². The van der Waals surface area contributed by atoms with E-state index in [0.717, 1.165) is 17.7 Å². The van der Waals surface area contributed by atoms with E-state index in [1.165, 1.54) is 16.7 Å². The second-order valence-electron chi connectivity index (χ2n) is 4.65. The quantitative estimate of drug-likeness (QED) is 0.685. The van der Waals surface area contributed by atoms with E-state index >= 15 is 0 Å². The van der Waals surface area contributed by atoms with Gasteiger partial charge >= 0.3 is 0 Å². The Bertz CT molecular complexity index is 698. The first-order valence-corrected chi connectivity index (χ1v) is 6.06. The van der Waals surface area contributed by atoms with Gasteiger partial charge in [0, 0.05) is 6.20 Å². The SMILES string of the molecule is Cc1ccc(C)c(Cn2cnc3cccnc32)c1. The zero-order valence-corrected chi connectivity index (χ0v) is 10.6. The third-order valence-electron chi connectivity index (χ3n) is 3.22. The monoisotopic (exact) mass is 237 g/mol. The predicted molar refractivity (Wildman–Crippen MR) is 72.5 cm³/mol. The number of pyridine rings is 1. The molecule has 0 unspecified atom stereocenters. The molecule has 3 heteroatoms.